The Kier molecular flexibility index (Phi) is 7.11. The van der Waals surface area contributed by atoms with Gasteiger partial charge in [0.1, 0.15) is 0 Å². The average Bonchev–Trinajstić information content (AvgIpc) is 3.34. The smallest absolute Gasteiger partial charge is 0.309 e. The van der Waals surface area contributed by atoms with Gasteiger partial charge >= 0.3 is 5.97 Å². The molecule has 0 radical (unpaired) electrons. The van der Waals surface area contributed by atoms with Gasteiger partial charge in [0.15, 0.2) is 11.5 Å². The van der Waals surface area contributed by atoms with Crippen LogP contribution in [0.25, 0.3) is 11.3 Å². The van der Waals surface area contributed by atoms with Crippen molar-refractivity contribution in [2.45, 2.75) is 39.5 Å². The van der Waals surface area contributed by atoms with Gasteiger partial charge in [0.2, 0.25) is 5.91 Å². The van der Waals surface area contributed by atoms with Crippen LogP contribution in [0, 0.1) is 18.8 Å². The molecule has 2 amide bonds. The number of aryl methyl sites for hydroxylation is 1. The molecule has 0 bridgehead atoms. The number of piperidine rings is 2. The van der Waals surface area contributed by atoms with Crippen LogP contribution in [-0.2, 0) is 14.3 Å². The molecule has 0 aliphatic carbocycles. The Morgan fingerprint density at radius 2 is 1.76 bits per heavy atom. The van der Waals surface area contributed by atoms with Crippen LogP contribution in [0.4, 0.5) is 0 Å². The normalized spacial score (nSPS) is 19.4. The molecular weight excluding hydrogens is 422 g/mol. The quantitative estimate of drug-likeness (QED) is 0.645. The summed E-state index contributed by atoms with van der Waals surface area (Å²) in [5.41, 5.74) is 2.27. The van der Waals surface area contributed by atoms with Gasteiger partial charge in [0.05, 0.1) is 18.4 Å². The maximum absolute atomic E-state index is 13.1. The van der Waals surface area contributed by atoms with E-state index in [0.717, 1.165) is 24.0 Å². The van der Waals surface area contributed by atoms with Gasteiger partial charge in [-0.1, -0.05) is 35.0 Å². The van der Waals surface area contributed by atoms with E-state index < -0.39 is 0 Å². The number of amides is 2. The summed E-state index contributed by atoms with van der Waals surface area (Å²) in [7, 11) is 0. The van der Waals surface area contributed by atoms with Crippen molar-refractivity contribution in [1.29, 1.82) is 0 Å². The van der Waals surface area contributed by atoms with E-state index in [1.165, 1.54) is 0 Å². The number of aromatic nitrogens is 1. The number of likely N-dealkylation sites (tertiary alicyclic amines) is 2. The minimum atomic E-state index is -0.231. The van der Waals surface area contributed by atoms with Gasteiger partial charge in [-0.15, -0.1) is 0 Å². The Balaban J connectivity index is 1.35. The molecule has 1 aromatic heterocycles. The lowest BCUT2D eigenvalue weighted by molar-refractivity contribution is -0.152. The molecule has 2 fully saturated rings. The zero-order chi connectivity index (χ0) is 23.4. The van der Waals surface area contributed by atoms with Crippen LogP contribution in [-0.4, -0.2) is 65.5 Å². The summed E-state index contributed by atoms with van der Waals surface area (Å²) in [5, 5.41) is 3.98. The van der Waals surface area contributed by atoms with Crippen molar-refractivity contribution in [1.82, 2.24) is 15.0 Å². The fourth-order valence-corrected chi connectivity index (χ4v) is 4.61. The van der Waals surface area contributed by atoms with Gasteiger partial charge in [-0.05, 0) is 39.5 Å². The van der Waals surface area contributed by atoms with Crippen LogP contribution >= 0.6 is 0 Å². The second-order valence-corrected chi connectivity index (χ2v) is 8.88. The second-order valence-electron chi connectivity index (χ2n) is 8.88. The molecule has 2 aromatic rings. The summed E-state index contributed by atoms with van der Waals surface area (Å²) in [4.78, 5) is 41.7. The third-order valence-corrected chi connectivity index (χ3v) is 6.55. The largest absolute Gasteiger partial charge is 0.466 e. The molecule has 3 heterocycles. The van der Waals surface area contributed by atoms with Crippen LogP contribution < -0.4 is 0 Å². The zero-order valence-corrected chi connectivity index (χ0v) is 19.3. The van der Waals surface area contributed by atoms with E-state index in [-0.39, 0.29) is 35.3 Å². The van der Waals surface area contributed by atoms with E-state index in [9.17, 15) is 14.4 Å². The fraction of sp³-hybridized carbons (Fsp3) is 0.520. The van der Waals surface area contributed by atoms with E-state index in [2.05, 4.69) is 5.16 Å². The van der Waals surface area contributed by atoms with E-state index in [1.807, 2.05) is 36.1 Å². The van der Waals surface area contributed by atoms with E-state index in [0.29, 0.717) is 51.4 Å². The lowest BCUT2D eigenvalue weighted by atomic mass is 9.92. The first-order valence-corrected chi connectivity index (χ1v) is 11.7. The Morgan fingerprint density at radius 1 is 1.03 bits per heavy atom. The van der Waals surface area contributed by atoms with E-state index >= 15 is 0 Å². The highest BCUT2D eigenvalue weighted by Gasteiger charge is 2.35. The van der Waals surface area contributed by atoms with Gasteiger partial charge in [-0.2, -0.15) is 0 Å². The standard InChI is InChI=1S/C25H31N3O5/c1-3-32-25(31)19-10-13-27(14-11-19)23(29)20-5-4-12-28(16-20)24(30)21-15-22(33-26-21)18-8-6-17(2)7-9-18/h6-9,15,19-20H,3-5,10-14,16H2,1-2H3. The van der Waals surface area contributed by atoms with Gasteiger partial charge < -0.3 is 19.1 Å². The monoisotopic (exact) mass is 453 g/mol. The summed E-state index contributed by atoms with van der Waals surface area (Å²) in [6.07, 6.45) is 2.78. The summed E-state index contributed by atoms with van der Waals surface area (Å²) in [5.74, 6) is -0.131. The molecule has 2 aliphatic rings. The first-order chi connectivity index (χ1) is 16.0. The van der Waals surface area contributed by atoms with Gasteiger partial charge in [-0.3, -0.25) is 14.4 Å². The number of hydrogen-bond acceptors (Lipinski definition) is 6. The highest BCUT2D eigenvalue weighted by Crippen LogP contribution is 2.26. The van der Waals surface area contributed by atoms with E-state index in [4.69, 9.17) is 9.26 Å². The number of rotatable bonds is 5. The van der Waals surface area contributed by atoms with Crippen LogP contribution in [0.5, 0.6) is 0 Å². The van der Waals surface area contributed by atoms with Crippen molar-refractivity contribution < 1.29 is 23.6 Å². The van der Waals surface area contributed by atoms with Crippen molar-refractivity contribution in [3.63, 3.8) is 0 Å². The van der Waals surface area contributed by atoms with Crippen LogP contribution in [0.3, 0.4) is 0 Å². The maximum Gasteiger partial charge on any atom is 0.309 e. The molecule has 1 aromatic carbocycles. The fourth-order valence-electron chi connectivity index (χ4n) is 4.61. The molecule has 2 aliphatic heterocycles. The predicted molar refractivity (Wildman–Crippen MR) is 121 cm³/mol. The van der Waals surface area contributed by atoms with Crippen molar-refractivity contribution in [3.8, 4) is 11.3 Å². The molecule has 0 N–H and O–H groups in total. The number of esters is 1. The lowest BCUT2D eigenvalue weighted by Crippen LogP contribution is -2.49. The molecule has 8 heteroatoms. The molecule has 1 atom stereocenters. The predicted octanol–water partition coefficient (Wildman–Crippen LogP) is 3.30. The molecule has 33 heavy (non-hydrogen) atoms. The van der Waals surface area contributed by atoms with Gasteiger partial charge in [0.25, 0.3) is 5.91 Å². The van der Waals surface area contributed by atoms with E-state index in [1.54, 1.807) is 17.9 Å². The highest BCUT2D eigenvalue weighted by molar-refractivity contribution is 5.93. The van der Waals surface area contributed by atoms with Crippen LogP contribution in [0.1, 0.15) is 48.7 Å². The lowest BCUT2D eigenvalue weighted by Gasteiger charge is -2.37. The minimum absolute atomic E-state index is 0.0651. The molecule has 2 saturated heterocycles. The Morgan fingerprint density at radius 3 is 2.45 bits per heavy atom. The summed E-state index contributed by atoms with van der Waals surface area (Å²) >= 11 is 0. The molecule has 0 spiro atoms. The van der Waals surface area contributed by atoms with Crippen molar-refractivity contribution in [2.75, 3.05) is 32.8 Å². The number of carbonyl (C=O) groups excluding carboxylic acids is 3. The Labute approximate surface area is 193 Å². The number of carbonyl (C=O) groups is 3. The average molecular weight is 454 g/mol. The van der Waals surface area contributed by atoms with Crippen LogP contribution in [0.15, 0.2) is 34.9 Å². The number of nitrogens with zero attached hydrogens (tertiary/aromatic N) is 3. The molecule has 0 saturated carbocycles. The second kappa shape index (κ2) is 10.2. The molecular formula is C25H31N3O5. The van der Waals surface area contributed by atoms with Crippen molar-refractivity contribution in [2.24, 2.45) is 11.8 Å². The Bertz CT molecular complexity index is 992. The molecule has 176 valence electrons. The summed E-state index contributed by atoms with van der Waals surface area (Å²) in [6, 6.07) is 9.50. The molecule has 4 rings (SSSR count). The minimum Gasteiger partial charge on any atom is -0.466 e. The third kappa shape index (κ3) is 5.26. The maximum atomic E-state index is 13.1. The molecule has 8 nitrogen and oxygen atoms in total. The summed E-state index contributed by atoms with van der Waals surface area (Å²) < 4.78 is 10.5. The zero-order valence-electron chi connectivity index (χ0n) is 19.3. The first-order valence-electron chi connectivity index (χ1n) is 11.7. The molecule has 1 unspecified atom stereocenters. The Hall–Kier alpha value is -3.16. The highest BCUT2D eigenvalue weighted by atomic mass is 16.5. The van der Waals surface area contributed by atoms with Crippen LogP contribution in [0.2, 0.25) is 0 Å². The topological polar surface area (TPSA) is 93.0 Å². The SMILES string of the molecule is CCOC(=O)C1CCN(C(=O)C2CCCN(C(=O)c3cc(-c4ccc(C)cc4)on3)C2)CC1. The third-order valence-electron chi connectivity index (χ3n) is 6.55. The summed E-state index contributed by atoms with van der Waals surface area (Å²) in [6.45, 7) is 6.27. The van der Waals surface area contributed by atoms with Crippen molar-refractivity contribution in [3.05, 3.63) is 41.6 Å². The van der Waals surface area contributed by atoms with Gasteiger partial charge in [-0.25, -0.2) is 0 Å². The number of benzene rings is 1. The van der Waals surface area contributed by atoms with Crippen molar-refractivity contribution >= 4 is 17.8 Å². The van der Waals surface area contributed by atoms with Gasteiger partial charge in [0, 0.05) is 37.8 Å². The number of ether oxygens (including phenoxy) is 1. The first kappa shape index (κ1) is 23.0. The number of hydrogen-bond donors (Lipinski definition) is 0.